The van der Waals surface area contributed by atoms with E-state index < -0.39 is 5.97 Å². The fourth-order valence-electron chi connectivity index (χ4n) is 3.05. The highest BCUT2D eigenvalue weighted by atomic mass is 32.1. The number of carbonyl (C=O) groups excluding carboxylic acids is 2. The molecule has 1 aromatic carbocycles. The highest BCUT2D eigenvalue weighted by molar-refractivity contribution is 7.10. The van der Waals surface area contributed by atoms with Gasteiger partial charge in [0.15, 0.2) is 0 Å². The number of thiophene rings is 1. The molecule has 27 heavy (non-hydrogen) atoms. The van der Waals surface area contributed by atoms with Crippen LogP contribution in [0.1, 0.15) is 17.4 Å². The molecular formula is C21H21NO4S. The number of hydrogen-bond acceptors (Lipinski definition) is 5. The number of nitrogens with zero attached hydrogens (tertiary/aromatic N) is 1. The van der Waals surface area contributed by atoms with Crippen molar-refractivity contribution in [2.24, 2.45) is 0 Å². The molecule has 2 heterocycles. The quantitative estimate of drug-likeness (QED) is 0.564. The third-order valence-electron chi connectivity index (χ3n) is 4.51. The second-order valence-electron chi connectivity index (χ2n) is 6.08. The summed E-state index contributed by atoms with van der Waals surface area (Å²) in [4.78, 5) is 27.8. The molecule has 140 valence electrons. The van der Waals surface area contributed by atoms with Crippen LogP contribution in [0, 0.1) is 0 Å². The third kappa shape index (κ3) is 3.95. The molecule has 0 bridgehead atoms. The van der Waals surface area contributed by atoms with Gasteiger partial charge in [0.2, 0.25) is 0 Å². The van der Waals surface area contributed by atoms with Crippen LogP contribution in [0.15, 0.2) is 58.6 Å². The van der Waals surface area contributed by atoms with Crippen molar-refractivity contribution < 1.29 is 19.1 Å². The maximum atomic E-state index is 13.0. The molecule has 0 radical (unpaired) electrons. The number of amides is 1. The van der Waals surface area contributed by atoms with E-state index in [2.05, 4.69) is 0 Å². The molecule has 1 aromatic heterocycles. The van der Waals surface area contributed by atoms with Gasteiger partial charge in [-0.15, -0.1) is 11.3 Å². The van der Waals surface area contributed by atoms with Crippen molar-refractivity contribution in [3.8, 4) is 5.75 Å². The summed E-state index contributed by atoms with van der Waals surface area (Å²) < 4.78 is 10.1. The topological polar surface area (TPSA) is 55.8 Å². The van der Waals surface area contributed by atoms with Gasteiger partial charge in [-0.1, -0.05) is 18.2 Å². The number of hydrogen-bond donors (Lipinski definition) is 0. The van der Waals surface area contributed by atoms with Crippen LogP contribution in [-0.4, -0.2) is 37.5 Å². The number of benzene rings is 1. The van der Waals surface area contributed by atoms with E-state index in [1.165, 1.54) is 18.4 Å². The molecule has 0 unspecified atom stereocenters. The van der Waals surface area contributed by atoms with Gasteiger partial charge in [-0.3, -0.25) is 4.79 Å². The smallest absolute Gasteiger partial charge is 0.340 e. The summed E-state index contributed by atoms with van der Waals surface area (Å²) >= 11 is 1.52. The van der Waals surface area contributed by atoms with Gasteiger partial charge in [-0.25, -0.2) is 4.79 Å². The molecule has 1 aliphatic rings. The van der Waals surface area contributed by atoms with Crippen molar-refractivity contribution in [2.75, 3.05) is 20.8 Å². The second-order valence-corrected chi connectivity index (χ2v) is 7.06. The van der Waals surface area contributed by atoms with Gasteiger partial charge >= 0.3 is 5.97 Å². The van der Waals surface area contributed by atoms with Crippen LogP contribution in [0.2, 0.25) is 0 Å². The molecule has 3 rings (SSSR count). The van der Waals surface area contributed by atoms with Gasteiger partial charge in [-0.05, 0) is 48.6 Å². The van der Waals surface area contributed by atoms with Crippen molar-refractivity contribution in [3.05, 3.63) is 69.1 Å². The molecule has 0 saturated carbocycles. The molecule has 5 nitrogen and oxygen atoms in total. The molecule has 2 aromatic rings. The summed E-state index contributed by atoms with van der Waals surface area (Å²) in [6.45, 7) is 2.27. The molecule has 0 aliphatic carbocycles. The van der Waals surface area contributed by atoms with Gasteiger partial charge in [0, 0.05) is 17.1 Å². The molecular weight excluding hydrogens is 362 g/mol. The summed E-state index contributed by atoms with van der Waals surface area (Å²) in [5.74, 6) is 0.131. The lowest BCUT2D eigenvalue weighted by molar-refractivity contribution is -0.136. The van der Waals surface area contributed by atoms with E-state index in [4.69, 9.17) is 9.47 Å². The zero-order valence-electron chi connectivity index (χ0n) is 15.5. The van der Waals surface area contributed by atoms with Crippen molar-refractivity contribution >= 4 is 29.3 Å². The Labute approximate surface area is 162 Å². The maximum Gasteiger partial charge on any atom is 0.340 e. The SMILES string of the molecule is COC(=O)C1=C(C)N(CCc2ccc(OC)cc2)C(=O)/C1=C\c1cccs1. The first-order valence-electron chi connectivity index (χ1n) is 8.54. The minimum Gasteiger partial charge on any atom is -0.497 e. The van der Waals surface area contributed by atoms with Crippen LogP contribution in [0.4, 0.5) is 0 Å². The Hall–Kier alpha value is -2.86. The lowest BCUT2D eigenvalue weighted by Crippen LogP contribution is -2.27. The van der Waals surface area contributed by atoms with E-state index in [1.54, 1.807) is 25.0 Å². The van der Waals surface area contributed by atoms with Gasteiger partial charge in [0.05, 0.1) is 25.4 Å². The van der Waals surface area contributed by atoms with E-state index in [0.29, 0.717) is 29.8 Å². The third-order valence-corrected chi connectivity index (χ3v) is 5.33. The standard InChI is InChI=1S/C21H21NO4S/c1-14-19(21(24)26-3)18(13-17-5-4-12-27-17)20(23)22(14)11-10-15-6-8-16(25-2)9-7-15/h4-9,12-13H,10-11H2,1-3H3/b18-13-. The first-order chi connectivity index (χ1) is 13.0. The van der Waals surface area contributed by atoms with E-state index >= 15 is 0 Å². The van der Waals surface area contributed by atoms with Gasteiger partial charge in [0.25, 0.3) is 5.91 Å². The fourth-order valence-corrected chi connectivity index (χ4v) is 3.70. The number of allylic oxidation sites excluding steroid dienone is 1. The molecule has 1 aliphatic heterocycles. The van der Waals surface area contributed by atoms with Crippen LogP contribution >= 0.6 is 11.3 Å². The minimum absolute atomic E-state index is 0.171. The van der Waals surface area contributed by atoms with Crippen LogP contribution in [-0.2, 0) is 20.7 Å². The van der Waals surface area contributed by atoms with Crippen molar-refractivity contribution in [2.45, 2.75) is 13.3 Å². The zero-order chi connectivity index (χ0) is 19.4. The number of carbonyl (C=O) groups is 2. The van der Waals surface area contributed by atoms with E-state index in [9.17, 15) is 9.59 Å². The van der Waals surface area contributed by atoms with E-state index in [-0.39, 0.29) is 5.91 Å². The monoisotopic (exact) mass is 383 g/mol. The van der Waals surface area contributed by atoms with Crippen LogP contribution in [0.5, 0.6) is 5.75 Å². The first-order valence-corrected chi connectivity index (χ1v) is 9.42. The Bertz CT molecular complexity index is 895. The van der Waals surface area contributed by atoms with Crippen molar-refractivity contribution in [1.29, 1.82) is 0 Å². The Balaban J connectivity index is 1.85. The number of esters is 1. The molecule has 0 atom stereocenters. The predicted molar refractivity (Wildman–Crippen MR) is 105 cm³/mol. The number of methoxy groups -OCH3 is 2. The number of ether oxygens (including phenoxy) is 2. The Morgan fingerprint density at radius 2 is 1.93 bits per heavy atom. The lowest BCUT2D eigenvalue weighted by atomic mass is 10.1. The Morgan fingerprint density at radius 1 is 1.19 bits per heavy atom. The highest BCUT2D eigenvalue weighted by Crippen LogP contribution is 2.32. The molecule has 1 amide bonds. The van der Waals surface area contributed by atoms with E-state index in [0.717, 1.165) is 16.2 Å². The van der Waals surface area contributed by atoms with Gasteiger partial charge in [0.1, 0.15) is 5.75 Å². The lowest BCUT2D eigenvalue weighted by Gasteiger charge is -2.17. The molecule has 0 fully saturated rings. The second kappa shape index (κ2) is 8.22. The maximum absolute atomic E-state index is 13.0. The Morgan fingerprint density at radius 3 is 2.52 bits per heavy atom. The molecule has 0 N–H and O–H groups in total. The average Bonchev–Trinajstić information content (AvgIpc) is 3.28. The minimum atomic E-state index is -0.490. The molecule has 0 saturated heterocycles. The summed E-state index contributed by atoms with van der Waals surface area (Å²) in [5.41, 5.74) is 2.44. The summed E-state index contributed by atoms with van der Waals surface area (Å²) in [6.07, 6.45) is 2.43. The van der Waals surface area contributed by atoms with Crippen LogP contribution in [0.3, 0.4) is 0 Å². The van der Waals surface area contributed by atoms with E-state index in [1.807, 2.05) is 41.8 Å². The van der Waals surface area contributed by atoms with Crippen molar-refractivity contribution in [3.63, 3.8) is 0 Å². The largest absolute Gasteiger partial charge is 0.497 e. The predicted octanol–water partition coefficient (Wildman–Crippen LogP) is 3.67. The van der Waals surface area contributed by atoms with Crippen LogP contribution < -0.4 is 4.74 Å². The summed E-state index contributed by atoms with van der Waals surface area (Å²) in [5, 5.41) is 1.93. The highest BCUT2D eigenvalue weighted by Gasteiger charge is 2.36. The first kappa shape index (κ1) is 18.9. The summed E-state index contributed by atoms with van der Waals surface area (Å²) in [7, 11) is 2.96. The fraction of sp³-hybridized carbons (Fsp3) is 0.238. The van der Waals surface area contributed by atoms with Crippen LogP contribution in [0.25, 0.3) is 6.08 Å². The van der Waals surface area contributed by atoms with Gasteiger partial charge in [-0.2, -0.15) is 0 Å². The van der Waals surface area contributed by atoms with Gasteiger partial charge < -0.3 is 14.4 Å². The number of rotatable bonds is 6. The zero-order valence-corrected chi connectivity index (χ0v) is 16.3. The average molecular weight is 383 g/mol. The molecule has 6 heteroatoms. The normalized spacial score (nSPS) is 15.6. The Kier molecular flexibility index (Phi) is 5.76. The molecule has 0 spiro atoms. The summed E-state index contributed by atoms with van der Waals surface area (Å²) in [6, 6.07) is 11.6. The van der Waals surface area contributed by atoms with Crippen molar-refractivity contribution in [1.82, 2.24) is 4.90 Å².